The zero-order valence-electron chi connectivity index (χ0n) is 18.6. The van der Waals surface area contributed by atoms with Crippen LogP contribution >= 0.6 is 0 Å². The molecule has 0 radical (unpaired) electrons. The second kappa shape index (κ2) is 7.43. The van der Waals surface area contributed by atoms with E-state index in [1.807, 2.05) is 30.0 Å². The summed E-state index contributed by atoms with van der Waals surface area (Å²) in [4.78, 5) is 31.7. The molecule has 7 heteroatoms. The average molecular weight is 427 g/mol. The molecule has 5 rings (SSSR count). The van der Waals surface area contributed by atoms with Gasteiger partial charge in [0, 0.05) is 31.7 Å². The van der Waals surface area contributed by atoms with Gasteiger partial charge < -0.3 is 24.0 Å². The summed E-state index contributed by atoms with van der Waals surface area (Å²) in [5.74, 6) is 0.739. The van der Waals surface area contributed by atoms with Gasteiger partial charge in [0.15, 0.2) is 0 Å². The van der Waals surface area contributed by atoms with Gasteiger partial charge in [-0.25, -0.2) is 0 Å². The highest BCUT2D eigenvalue weighted by atomic mass is 16.7. The molecule has 2 bridgehead atoms. The predicted molar refractivity (Wildman–Crippen MR) is 115 cm³/mol. The maximum absolute atomic E-state index is 14.0. The van der Waals surface area contributed by atoms with E-state index in [2.05, 4.69) is 18.0 Å². The van der Waals surface area contributed by atoms with Gasteiger partial charge in [0.25, 0.3) is 5.91 Å². The van der Waals surface area contributed by atoms with Crippen LogP contribution in [0.4, 0.5) is 5.69 Å². The molecule has 166 valence electrons. The third-order valence-electron chi connectivity index (χ3n) is 7.83. The lowest BCUT2D eigenvalue weighted by atomic mass is 9.57. The van der Waals surface area contributed by atoms with Gasteiger partial charge in [-0.15, -0.1) is 0 Å². The Hall–Kier alpha value is -2.22. The van der Waals surface area contributed by atoms with Crippen LogP contribution in [0.2, 0.25) is 0 Å². The number of methoxy groups -OCH3 is 2. The molecule has 1 saturated carbocycles. The SMILES string of the molecule is C/C=C1/CN(C)CCC23C(=O)CC1C1COC(OC)C(=O)N(c4ccc(OC)cc42)C13. The maximum Gasteiger partial charge on any atom is 0.284 e. The molecule has 1 amide bonds. The van der Waals surface area contributed by atoms with Gasteiger partial charge in [0.2, 0.25) is 6.29 Å². The predicted octanol–water partition coefficient (Wildman–Crippen LogP) is 2.14. The fourth-order valence-electron chi connectivity index (χ4n) is 6.39. The molecule has 1 aromatic carbocycles. The summed E-state index contributed by atoms with van der Waals surface area (Å²) in [7, 11) is 5.23. The second-order valence-electron chi connectivity index (χ2n) is 9.16. The summed E-state index contributed by atoms with van der Waals surface area (Å²) in [5.41, 5.74) is 2.18. The van der Waals surface area contributed by atoms with E-state index in [4.69, 9.17) is 14.2 Å². The molecule has 3 heterocycles. The molecule has 5 unspecified atom stereocenters. The standard InChI is InChI=1S/C24H30N2O5/c1-5-14-12-25(2)9-8-24-18-10-15(29-3)6-7-19(18)26-21(24)17(16(14)11-20(24)27)13-31-23(30-4)22(26)28/h5-7,10,16-17,21,23H,8-9,11-13H2,1-4H3/b14-5-. The molecular weight excluding hydrogens is 396 g/mol. The van der Waals surface area contributed by atoms with Gasteiger partial charge in [-0.1, -0.05) is 11.6 Å². The first-order chi connectivity index (χ1) is 15.0. The van der Waals surface area contributed by atoms with Crippen LogP contribution in [0.5, 0.6) is 5.75 Å². The Labute approximate surface area is 182 Å². The van der Waals surface area contributed by atoms with Crippen molar-refractivity contribution in [1.29, 1.82) is 0 Å². The number of hydrogen-bond donors (Lipinski definition) is 0. The first kappa shape index (κ1) is 20.7. The van der Waals surface area contributed by atoms with Gasteiger partial charge in [-0.2, -0.15) is 0 Å². The number of anilines is 1. The summed E-state index contributed by atoms with van der Waals surface area (Å²) < 4.78 is 16.9. The van der Waals surface area contributed by atoms with Crippen LogP contribution in [0.15, 0.2) is 29.8 Å². The van der Waals surface area contributed by atoms with E-state index in [1.165, 1.54) is 12.7 Å². The zero-order chi connectivity index (χ0) is 21.9. The highest BCUT2D eigenvalue weighted by Gasteiger charge is 2.65. The fourth-order valence-corrected chi connectivity index (χ4v) is 6.39. The van der Waals surface area contributed by atoms with E-state index in [9.17, 15) is 9.59 Å². The van der Waals surface area contributed by atoms with Crippen LogP contribution in [0.1, 0.15) is 25.3 Å². The molecule has 1 aromatic rings. The summed E-state index contributed by atoms with van der Waals surface area (Å²) in [6.07, 6.45) is 2.30. The van der Waals surface area contributed by atoms with E-state index in [0.717, 1.165) is 24.3 Å². The molecule has 3 aliphatic heterocycles. The van der Waals surface area contributed by atoms with Gasteiger partial charge in [0.1, 0.15) is 11.5 Å². The number of carbonyl (C=O) groups excluding carboxylic acids is 2. The Bertz CT molecular complexity index is 959. The number of carbonyl (C=O) groups is 2. The third kappa shape index (κ3) is 2.76. The molecule has 2 saturated heterocycles. The van der Waals surface area contributed by atoms with Crippen molar-refractivity contribution in [1.82, 2.24) is 4.90 Å². The first-order valence-corrected chi connectivity index (χ1v) is 11.0. The topological polar surface area (TPSA) is 68.3 Å². The first-order valence-electron chi connectivity index (χ1n) is 11.0. The number of nitrogens with zero attached hydrogens (tertiary/aromatic N) is 2. The van der Waals surface area contributed by atoms with Crippen LogP contribution in [0.3, 0.4) is 0 Å². The number of ether oxygens (including phenoxy) is 3. The minimum Gasteiger partial charge on any atom is -0.497 e. The van der Waals surface area contributed by atoms with Crippen molar-refractivity contribution in [3.8, 4) is 5.75 Å². The molecule has 31 heavy (non-hydrogen) atoms. The van der Waals surface area contributed by atoms with E-state index >= 15 is 0 Å². The summed E-state index contributed by atoms with van der Waals surface area (Å²) in [5, 5.41) is 0. The second-order valence-corrected chi connectivity index (χ2v) is 9.16. The van der Waals surface area contributed by atoms with Crippen LogP contribution in [0.25, 0.3) is 0 Å². The number of amides is 1. The van der Waals surface area contributed by atoms with Crippen molar-refractivity contribution in [2.75, 3.05) is 45.9 Å². The zero-order valence-corrected chi connectivity index (χ0v) is 18.6. The number of likely N-dealkylation sites (N-methyl/N-ethyl adjacent to an activating group) is 1. The number of hydrogen-bond acceptors (Lipinski definition) is 6. The Morgan fingerprint density at radius 1 is 1.26 bits per heavy atom. The monoisotopic (exact) mass is 426 g/mol. The molecule has 3 fully saturated rings. The van der Waals surface area contributed by atoms with E-state index in [1.54, 1.807) is 7.11 Å². The van der Waals surface area contributed by atoms with Crippen molar-refractivity contribution in [3.05, 3.63) is 35.4 Å². The van der Waals surface area contributed by atoms with Crippen LogP contribution in [-0.4, -0.2) is 69.9 Å². The molecule has 0 N–H and O–H groups in total. The Morgan fingerprint density at radius 3 is 2.77 bits per heavy atom. The lowest BCUT2D eigenvalue weighted by Gasteiger charge is -2.47. The average Bonchev–Trinajstić information content (AvgIpc) is 3.02. The normalized spacial score (nSPS) is 36.5. The summed E-state index contributed by atoms with van der Waals surface area (Å²) >= 11 is 0. The minimum atomic E-state index is -0.966. The molecular formula is C24H30N2O5. The molecule has 4 aliphatic rings. The van der Waals surface area contributed by atoms with Crippen molar-refractivity contribution in [2.45, 2.75) is 37.5 Å². The van der Waals surface area contributed by atoms with Crippen LogP contribution in [-0.2, 0) is 24.5 Å². The third-order valence-corrected chi connectivity index (χ3v) is 7.83. The van der Waals surface area contributed by atoms with E-state index in [0.29, 0.717) is 25.2 Å². The maximum atomic E-state index is 14.0. The van der Waals surface area contributed by atoms with Crippen LogP contribution < -0.4 is 9.64 Å². The van der Waals surface area contributed by atoms with Gasteiger partial charge >= 0.3 is 0 Å². The summed E-state index contributed by atoms with van der Waals surface area (Å²) in [6.45, 7) is 4.02. The number of ketones is 1. The number of benzene rings is 1. The quantitative estimate of drug-likeness (QED) is 0.675. The molecule has 1 aliphatic carbocycles. The number of fused-ring (bicyclic) bond motifs is 5. The molecule has 1 spiro atoms. The fraction of sp³-hybridized carbons (Fsp3) is 0.583. The van der Waals surface area contributed by atoms with Gasteiger partial charge in [0.05, 0.1) is 25.2 Å². The molecule has 7 nitrogen and oxygen atoms in total. The number of allylic oxidation sites excluding steroid dienone is 1. The van der Waals surface area contributed by atoms with E-state index in [-0.39, 0.29) is 29.6 Å². The Morgan fingerprint density at radius 2 is 2.06 bits per heavy atom. The van der Waals surface area contributed by atoms with Crippen molar-refractivity contribution in [3.63, 3.8) is 0 Å². The van der Waals surface area contributed by atoms with Crippen molar-refractivity contribution in [2.24, 2.45) is 11.8 Å². The summed E-state index contributed by atoms with van der Waals surface area (Å²) in [6, 6.07) is 5.45. The smallest absolute Gasteiger partial charge is 0.284 e. The number of Topliss-reactive ketones (excluding diaryl/α,β-unsaturated/α-hetero) is 1. The molecule has 0 aromatic heterocycles. The largest absolute Gasteiger partial charge is 0.497 e. The van der Waals surface area contributed by atoms with Gasteiger partial charge in [-0.3, -0.25) is 9.59 Å². The van der Waals surface area contributed by atoms with Crippen LogP contribution in [0, 0.1) is 11.8 Å². The van der Waals surface area contributed by atoms with E-state index < -0.39 is 11.7 Å². The minimum absolute atomic E-state index is 0.0119. The lowest BCUT2D eigenvalue weighted by molar-refractivity contribution is -0.162. The highest BCUT2D eigenvalue weighted by molar-refractivity contribution is 6.06. The molecule has 5 atom stereocenters. The van der Waals surface area contributed by atoms with Gasteiger partial charge in [-0.05, 0) is 56.6 Å². The van der Waals surface area contributed by atoms with Crippen molar-refractivity contribution >= 4 is 17.4 Å². The van der Waals surface area contributed by atoms with Crippen molar-refractivity contribution < 1.29 is 23.8 Å². The highest BCUT2D eigenvalue weighted by Crippen LogP contribution is 2.58. The Kier molecular flexibility index (Phi) is 4.95. The lowest BCUT2D eigenvalue weighted by Crippen LogP contribution is -2.61. The Balaban J connectivity index is 1.79. The number of rotatable bonds is 2.